The average molecular weight is 477 g/mol. The number of carbonyl (C=O) groups excluding carboxylic acids is 2. The van der Waals surface area contributed by atoms with E-state index < -0.39 is 5.60 Å². The van der Waals surface area contributed by atoms with Gasteiger partial charge in [0, 0.05) is 65.4 Å². The Kier molecular flexibility index (Phi) is 9.98. The summed E-state index contributed by atoms with van der Waals surface area (Å²) in [6.07, 6.45) is -0.473. The van der Waals surface area contributed by atoms with Crippen LogP contribution in [0.4, 0.5) is 9.59 Å². The third-order valence-corrected chi connectivity index (χ3v) is 5.96. The molecule has 2 heterocycles. The molecule has 0 aliphatic carbocycles. The first kappa shape index (κ1) is 26.2. The number of nitrogens with zero attached hydrogens (tertiary/aromatic N) is 4. The molecule has 0 aromatic heterocycles. The van der Waals surface area contributed by atoms with Crippen molar-refractivity contribution >= 4 is 12.2 Å². The lowest BCUT2D eigenvalue weighted by molar-refractivity contribution is 0.0106. The smallest absolute Gasteiger partial charge is 0.410 e. The molecule has 34 heavy (non-hydrogen) atoms. The summed E-state index contributed by atoms with van der Waals surface area (Å²) in [6, 6.07) is 9.74. The van der Waals surface area contributed by atoms with E-state index in [1.807, 2.05) is 51.1 Å². The maximum atomic E-state index is 12.3. The van der Waals surface area contributed by atoms with Gasteiger partial charge in [-0.3, -0.25) is 9.80 Å². The molecule has 9 heteroatoms. The molecule has 1 aromatic rings. The summed E-state index contributed by atoms with van der Waals surface area (Å²) in [5.74, 6) is 0. The molecule has 2 aliphatic rings. The van der Waals surface area contributed by atoms with Crippen LogP contribution in [-0.2, 0) is 20.8 Å². The van der Waals surface area contributed by atoms with E-state index >= 15 is 0 Å². The zero-order chi connectivity index (χ0) is 24.4. The SMILES string of the molecule is CC(C)(C)OC(=O)N1CCN(CCOCCN2CCN(C(=O)OCc3ccccc3)CC2)CC1. The fourth-order valence-corrected chi connectivity index (χ4v) is 3.93. The molecule has 0 radical (unpaired) electrons. The predicted octanol–water partition coefficient (Wildman–Crippen LogP) is 2.51. The van der Waals surface area contributed by atoms with Crippen LogP contribution in [0.15, 0.2) is 30.3 Å². The van der Waals surface area contributed by atoms with Crippen LogP contribution in [-0.4, -0.2) is 116 Å². The number of carbonyl (C=O) groups is 2. The van der Waals surface area contributed by atoms with E-state index in [-0.39, 0.29) is 12.2 Å². The largest absolute Gasteiger partial charge is 0.445 e. The van der Waals surface area contributed by atoms with Crippen LogP contribution < -0.4 is 0 Å². The number of piperazine rings is 2. The van der Waals surface area contributed by atoms with Crippen LogP contribution in [0, 0.1) is 0 Å². The van der Waals surface area contributed by atoms with Crippen molar-refractivity contribution in [3.05, 3.63) is 35.9 Å². The zero-order valence-corrected chi connectivity index (χ0v) is 20.9. The highest BCUT2D eigenvalue weighted by Gasteiger charge is 2.26. The maximum absolute atomic E-state index is 12.3. The van der Waals surface area contributed by atoms with Crippen LogP contribution >= 0.6 is 0 Å². The summed E-state index contributed by atoms with van der Waals surface area (Å²) in [5.41, 5.74) is 0.539. The van der Waals surface area contributed by atoms with Crippen molar-refractivity contribution in [2.24, 2.45) is 0 Å². The fraction of sp³-hybridized carbons (Fsp3) is 0.680. The topological polar surface area (TPSA) is 74.8 Å². The normalized spacial score (nSPS) is 18.1. The van der Waals surface area contributed by atoms with E-state index in [4.69, 9.17) is 14.2 Å². The standard InChI is InChI=1S/C25H40N4O5/c1-25(2,3)34-24(31)29-15-11-27(12-16-29)18-20-32-19-17-26-9-13-28(14-10-26)23(30)33-21-22-7-5-4-6-8-22/h4-8H,9-21H2,1-3H3. The number of rotatable bonds is 8. The fourth-order valence-electron chi connectivity index (χ4n) is 3.93. The lowest BCUT2D eigenvalue weighted by Crippen LogP contribution is -2.50. The van der Waals surface area contributed by atoms with Crippen molar-refractivity contribution in [1.29, 1.82) is 0 Å². The molecule has 0 saturated carbocycles. The Hall–Kier alpha value is -2.36. The first-order valence-corrected chi connectivity index (χ1v) is 12.3. The molecule has 0 bridgehead atoms. The summed E-state index contributed by atoms with van der Waals surface area (Å²) in [4.78, 5) is 32.6. The predicted molar refractivity (Wildman–Crippen MR) is 130 cm³/mol. The van der Waals surface area contributed by atoms with Gasteiger partial charge in [0.25, 0.3) is 0 Å². The first-order valence-electron chi connectivity index (χ1n) is 12.3. The van der Waals surface area contributed by atoms with Gasteiger partial charge in [-0.1, -0.05) is 30.3 Å². The summed E-state index contributed by atoms with van der Waals surface area (Å²) in [7, 11) is 0. The van der Waals surface area contributed by atoms with Gasteiger partial charge in [-0.25, -0.2) is 9.59 Å². The van der Waals surface area contributed by atoms with Crippen molar-refractivity contribution in [3.8, 4) is 0 Å². The van der Waals surface area contributed by atoms with Crippen molar-refractivity contribution in [3.63, 3.8) is 0 Å². The van der Waals surface area contributed by atoms with Crippen molar-refractivity contribution in [2.45, 2.75) is 33.0 Å². The second-order valence-electron chi connectivity index (χ2n) is 9.79. The highest BCUT2D eigenvalue weighted by molar-refractivity contribution is 5.68. The Morgan fingerprint density at radius 2 is 1.26 bits per heavy atom. The quantitative estimate of drug-likeness (QED) is 0.534. The first-order chi connectivity index (χ1) is 16.3. The zero-order valence-electron chi connectivity index (χ0n) is 20.9. The van der Waals surface area contributed by atoms with Gasteiger partial charge in [0.1, 0.15) is 12.2 Å². The van der Waals surface area contributed by atoms with Gasteiger partial charge in [0.05, 0.1) is 13.2 Å². The number of ether oxygens (including phenoxy) is 3. The molecule has 1 aromatic carbocycles. The third kappa shape index (κ3) is 9.12. The molecular weight excluding hydrogens is 436 g/mol. The maximum Gasteiger partial charge on any atom is 0.410 e. The van der Waals surface area contributed by atoms with Crippen molar-refractivity contribution in [2.75, 3.05) is 78.7 Å². The summed E-state index contributed by atoms with van der Waals surface area (Å²) in [5, 5.41) is 0. The van der Waals surface area contributed by atoms with Crippen molar-refractivity contribution < 1.29 is 23.8 Å². The molecule has 190 valence electrons. The van der Waals surface area contributed by atoms with Crippen LogP contribution in [0.5, 0.6) is 0 Å². The minimum atomic E-state index is -0.458. The Bertz CT molecular complexity index is 754. The molecule has 0 spiro atoms. The summed E-state index contributed by atoms with van der Waals surface area (Å²) >= 11 is 0. The molecular formula is C25H40N4O5. The van der Waals surface area contributed by atoms with E-state index in [9.17, 15) is 9.59 Å². The van der Waals surface area contributed by atoms with E-state index in [1.165, 1.54) is 0 Å². The molecule has 3 rings (SSSR count). The van der Waals surface area contributed by atoms with Crippen LogP contribution in [0.3, 0.4) is 0 Å². The Morgan fingerprint density at radius 3 is 1.76 bits per heavy atom. The lowest BCUT2D eigenvalue weighted by atomic mass is 10.2. The number of hydrogen-bond donors (Lipinski definition) is 0. The second kappa shape index (κ2) is 12.9. The third-order valence-electron chi connectivity index (χ3n) is 5.96. The van der Waals surface area contributed by atoms with Gasteiger partial charge in [0.15, 0.2) is 0 Å². The number of benzene rings is 1. The minimum absolute atomic E-state index is 0.229. The Morgan fingerprint density at radius 1 is 0.765 bits per heavy atom. The minimum Gasteiger partial charge on any atom is -0.445 e. The summed E-state index contributed by atoms with van der Waals surface area (Å²) in [6.45, 7) is 15.1. The highest BCUT2D eigenvalue weighted by atomic mass is 16.6. The van der Waals surface area contributed by atoms with Crippen molar-refractivity contribution in [1.82, 2.24) is 19.6 Å². The van der Waals surface area contributed by atoms with Gasteiger partial charge < -0.3 is 24.0 Å². The van der Waals surface area contributed by atoms with E-state index in [0.29, 0.717) is 46.0 Å². The second-order valence-corrected chi connectivity index (χ2v) is 9.79. The lowest BCUT2D eigenvalue weighted by Gasteiger charge is -2.35. The molecule has 0 unspecified atom stereocenters. The van der Waals surface area contributed by atoms with Gasteiger partial charge in [-0.05, 0) is 26.3 Å². The van der Waals surface area contributed by atoms with Gasteiger partial charge in [-0.15, -0.1) is 0 Å². The molecule has 2 aliphatic heterocycles. The monoisotopic (exact) mass is 476 g/mol. The highest BCUT2D eigenvalue weighted by Crippen LogP contribution is 2.12. The van der Waals surface area contributed by atoms with Crippen LogP contribution in [0.1, 0.15) is 26.3 Å². The summed E-state index contributed by atoms with van der Waals surface area (Å²) < 4.78 is 16.7. The molecule has 9 nitrogen and oxygen atoms in total. The van der Waals surface area contributed by atoms with E-state index in [1.54, 1.807) is 9.80 Å². The van der Waals surface area contributed by atoms with E-state index in [0.717, 1.165) is 44.8 Å². The van der Waals surface area contributed by atoms with Gasteiger partial charge >= 0.3 is 12.2 Å². The molecule has 2 amide bonds. The molecule has 2 fully saturated rings. The molecule has 0 N–H and O–H groups in total. The van der Waals surface area contributed by atoms with Crippen LogP contribution in [0.2, 0.25) is 0 Å². The Balaban J connectivity index is 1.20. The average Bonchev–Trinajstić information content (AvgIpc) is 2.82. The van der Waals surface area contributed by atoms with E-state index in [2.05, 4.69) is 9.80 Å². The Labute approximate surface area is 203 Å². The number of amides is 2. The molecule has 0 atom stereocenters. The molecule has 2 saturated heterocycles. The van der Waals surface area contributed by atoms with Gasteiger partial charge in [-0.2, -0.15) is 0 Å². The van der Waals surface area contributed by atoms with Crippen LogP contribution in [0.25, 0.3) is 0 Å². The van der Waals surface area contributed by atoms with Gasteiger partial charge in [0.2, 0.25) is 0 Å². The number of hydrogen-bond acceptors (Lipinski definition) is 7.